The molecule has 0 bridgehead atoms. The summed E-state index contributed by atoms with van der Waals surface area (Å²) in [6, 6.07) is 3.28. The van der Waals surface area contributed by atoms with Gasteiger partial charge in [0.25, 0.3) is 5.92 Å². The molecule has 9 nitrogen and oxygen atoms in total. The second-order valence-electron chi connectivity index (χ2n) is 9.12. The molecule has 34 heavy (non-hydrogen) atoms. The van der Waals surface area contributed by atoms with Gasteiger partial charge in [0.2, 0.25) is 23.6 Å². The van der Waals surface area contributed by atoms with Crippen LogP contribution in [0.4, 0.5) is 20.4 Å². The number of rotatable bonds is 8. The van der Waals surface area contributed by atoms with Crippen molar-refractivity contribution in [3.05, 3.63) is 36.3 Å². The molecule has 2 fully saturated rings. The number of hydrogen-bond donors (Lipinski definition) is 0. The van der Waals surface area contributed by atoms with Crippen molar-refractivity contribution < 1.29 is 23.1 Å². The maximum Gasteiger partial charge on any atom is 0.278 e. The minimum absolute atomic E-state index is 0.0112. The zero-order chi connectivity index (χ0) is 24.5. The average molecular weight is 475 g/mol. The summed E-state index contributed by atoms with van der Waals surface area (Å²) in [5, 5.41) is 0. The molecule has 182 valence electrons. The van der Waals surface area contributed by atoms with Crippen LogP contribution in [0.3, 0.4) is 0 Å². The molecule has 1 unspecified atom stereocenters. The van der Waals surface area contributed by atoms with Crippen molar-refractivity contribution >= 4 is 23.5 Å². The quantitative estimate of drug-likeness (QED) is 0.578. The van der Waals surface area contributed by atoms with Gasteiger partial charge in [0.1, 0.15) is 0 Å². The molecule has 2 aliphatic heterocycles. The van der Waals surface area contributed by atoms with Crippen LogP contribution in [-0.4, -0.2) is 77.9 Å². The molecule has 4 rings (SSSR count). The van der Waals surface area contributed by atoms with E-state index < -0.39 is 12.5 Å². The Balaban J connectivity index is 1.30. The number of ether oxygens (including phenoxy) is 1. The number of halogens is 2. The monoisotopic (exact) mass is 474 g/mol. The van der Waals surface area contributed by atoms with Crippen LogP contribution >= 0.6 is 0 Å². The van der Waals surface area contributed by atoms with Crippen molar-refractivity contribution in [3.8, 4) is 5.88 Å². The second-order valence-corrected chi connectivity index (χ2v) is 9.12. The summed E-state index contributed by atoms with van der Waals surface area (Å²) in [6.45, 7) is 1.78. The van der Waals surface area contributed by atoms with Crippen molar-refractivity contribution in [3.63, 3.8) is 0 Å². The molecule has 2 saturated heterocycles. The summed E-state index contributed by atoms with van der Waals surface area (Å²) in [4.78, 5) is 43.0. The summed E-state index contributed by atoms with van der Waals surface area (Å²) in [5.74, 6) is -2.41. The molecule has 0 N–H and O–H groups in total. The number of pyridine rings is 1. The van der Waals surface area contributed by atoms with E-state index in [1.54, 1.807) is 48.6 Å². The number of nitrogens with zero attached hydrogens (tertiary/aromatic N) is 6. The number of aromatic nitrogens is 3. The average Bonchev–Trinajstić information content (AvgIpc) is 3.12. The van der Waals surface area contributed by atoms with Crippen LogP contribution in [0.1, 0.15) is 18.9 Å². The van der Waals surface area contributed by atoms with Crippen LogP contribution in [0.5, 0.6) is 5.88 Å². The van der Waals surface area contributed by atoms with E-state index in [1.807, 2.05) is 4.90 Å². The number of alkyl halides is 2. The first-order chi connectivity index (χ1) is 16.1. The zero-order valence-electron chi connectivity index (χ0n) is 19.4. The normalized spacial score (nSPS) is 18.7. The summed E-state index contributed by atoms with van der Waals surface area (Å²) in [7, 11) is 3.49. The van der Waals surface area contributed by atoms with Gasteiger partial charge in [0.05, 0.1) is 24.0 Å². The zero-order valence-corrected chi connectivity index (χ0v) is 19.4. The summed E-state index contributed by atoms with van der Waals surface area (Å²) in [6.07, 6.45) is 6.02. The van der Waals surface area contributed by atoms with Gasteiger partial charge in [0.15, 0.2) is 6.61 Å². The molecule has 1 atom stereocenters. The first-order valence-electron chi connectivity index (χ1n) is 11.2. The van der Waals surface area contributed by atoms with Gasteiger partial charge in [0, 0.05) is 58.8 Å². The molecule has 2 aromatic heterocycles. The molecular formula is C23H28F2N6O3. The lowest BCUT2D eigenvalue weighted by molar-refractivity contribution is -0.133. The lowest BCUT2D eigenvalue weighted by Gasteiger charge is -2.39. The van der Waals surface area contributed by atoms with E-state index in [9.17, 15) is 18.4 Å². The van der Waals surface area contributed by atoms with Gasteiger partial charge in [-0.05, 0) is 18.4 Å². The van der Waals surface area contributed by atoms with Crippen molar-refractivity contribution in [2.75, 3.05) is 50.1 Å². The van der Waals surface area contributed by atoms with E-state index in [-0.39, 0.29) is 29.5 Å². The number of carbonyl (C=O) groups is 2. The van der Waals surface area contributed by atoms with Crippen LogP contribution < -0.4 is 14.5 Å². The fraction of sp³-hybridized carbons (Fsp3) is 0.522. The highest BCUT2D eigenvalue weighted by Gasteiger charge is 2.36. The molecular weight excluding hydrogens is 446 g/mol. The Hall–Kier alpha value is -3.37. The van der Waals surface area contributed by atoms with Gasteiger partial charge in [-0.15, -0.1) is 0 Å². The van der Waals surface area contributed by atoms with Crippen molar-refractivity contribution in [2.45, 2.75) is 25.7 Å². The third kappa shape index (κ3) is 5.40. The van der Waals surface area contributed by atoms with Crippen LogP contribution in [-0.2, 0) is 16.0 Å². The van der Waals surface area contributed by atoms with Crippen LogP contribution in [0.2, 0.25) is 0 Å². The summed E-state index contributed by atoms with van der Waals surface area (Å²) >= 11 is 0. The molecule has 0 spiro atoms. The molecule has 0 saturated carbocycles. The molecule has 4 heterocycles. The molecule has 2 aliphatic rings. The maximum atomic E-state index is 12.9. The minimum atomic E-state index is -2.93. The van der Waals surface area contributed by atoms with Crippen molar-refractivity contribution in [1.29, 1.82) is 0 Å². The van der Waals surface area contributed by atoms with E-state index in [0.29, 0.717) is 44.1 Å². The van der Waals surface area contributed by atoms with Gasteiger partial charge in [-0.3, -0.25) is 9.59 Å². The van der Waals surface area contributed by atoms with E-state index in [2.05, 4.69) is 15.0 Å². The Morgan fingerprint density at radius 2 is 1.88 bits per heavy atom. The number of hydrogen-bond acceptors (Lipinski definition) is 7. The number of amides is 2. The second kappa shape index (κ2) is 9.47. The smallest absolute Gasteiger partial charge is 0.278 e. The Morgan fingerprint density at radius 1 is 1.18 bits per heavy atom. The lowest BCUT2D eigenvalue weighted by Crippen LogP contribution is -2.54. The fourth-order valence-corrected chi connectivity index (χ4v) is 4.07. The number of anilines is 2. The van der Waals surface area contributed by atoms with Crippen LogP contribution in [0.25, 0.3) is 0 Å². The molecule has 2 aromatic rings. The maximum absolute atomic E-state index is 12.9. The SMILES string of the molecule is CN(C)C(=O)C1CN(c2ncc(N3CCC(Cc4ccc(OCC(C)(F)F)nc4)C3=O)cn2)C1. The third-order valence-electron chi connectivity index (χ3n) is 5.96. The topological polar surface area (TPSA) is 91.8 Å². The Morgan fingerprint density at radius 3 is 2.47 bits per heavy atom. The Kier molecular flexibility index (Phi) is 6.63. The molecule has 0 aromatic carbocycles. The third-order valence-corrected chi connectivity index (χ3v) is 5.96. The van der Waals surface area contributed by atoms with E-state index >= 15 is 0 Å². The van der Waals surface area contributed by atoms with Crippen LogP contribution in [0.15, 0.2) is 30.7 Å². The Labute approximate surface area is 196 Å². The lowest BCUT2D eigenvalue weighted by atomic mass is 9.99. The van der Waals surface area contributed by atoms with Gasteiger partial charge in [-0.1, -0.05) is 6.07 Å². The fourth-order valence-electron chi connectivity index (χ4n) is 4.07. The first-order valence-corrected chi connectivity index (χ1v) is 11.2. The van der Waals surface area contributed by atoms with E-state index in [4.69, 9.17) is 4.74 Å². The van der Waals surface area contributed by atoms with Gasteiger partial charge < -0.3 is 19.4 Å². The molecule has 0 aliphatic carbocycles. The highest BCUT2D eigenvalue weighted by atomic mass is 19.3. The largest absolute Gasteiger partial charge is 0.471 e. The van der Waals surface area contributed by atoms with E-state index in [1.165, 1.54) is 6.07 Å². The summed E-state index contributed by atoms with van der Waals surface area (Å²) < 4.78 is 30.8. The predicted molar refractivity (Wildman–Crippen MR) is 121 cm³/mol. The predicted octanol–water partition coefficient (Wildman–Crippen LogP) is 2.03. The molecule has 0 radical (unpaired) electrons. The first kappa shape index (κ1) is 23.8. The van der Waals surface area contributed by atoms with Gasteiger partial charge in [-0.25, -0.2) is 23.7 Å². The van der Waals surface area contributed by atoms with E-state index in [0.717, 1.165) is 12.5 Å². The molecule has 11 heteroatoms. The summed E-state index contributed by atoms with van der Waals surface area (Å²) in [5.41, 5.74) is 1.47. The number of carbonyl (C=O) groups excluding carboxylic acids is 2. The van der Waals surface area contributed by atoms with Crippen molar-refractivity contribution in [2.24, 2.45) is 11.8 Å². The molecule has 2 amide bonds. The van der Waals surface area contributed by atoms with Crippen molar-refractivity contribution in [1.82, 2.24) is 19.9 Å². The standard InChI is InChI=1S/C23H28F2N6O3/c1-23(24,25)14-34-19-5-4-15(9-26-19)8-16-6-7-31(21(16)33)18-10-27-22(28-11-18)30-12-17(13-30)20(32)29(2)3/h4-5,9-11,16-17H,6-8,12-14H2,1-3H3. The minimum Gasteiger partial charge on any atom is -0.471 e. The Bertz CT molecular complexity index is 1020. The highest BCUT2D eigenvalue weighted by molar-refractivity contribution is 5.97. The highest BCUT2D eigenvalue weighted by Crippen LogP contribution is 2.29. The van der Waals surface area contributed by atoms with Gasteiger partial charge >= 0.3 is 0 Å². The van der Waals surface area contributed by atoms with Gasteiger partial charge in [-0.2, -0.15) is 0 Å². The van der Waals surface area contributed by atoms with Crippen LogP contribution in [0, 0.1) is 11.8 Å².